The van der Waals surface area contributed by atoms with E-state index in [1.165, 1.54) is 11.0 Å². The molecule has 3 aliphatic rings. The lowest BCUT2D eigenvalue weighted by atomic mass is 9.57. The van der Waals surface area contributed by atoms with Gasteiger partial charge in [0.05, 0.1) is 24.4 Å². The second kappa shape index (κ2) is 9.08. The minimum Gasteiger partial charge on any atom is -0.508 e. The molecule has 11 nitrogen and oxygen atoms in total. The Morgan fingerprint density at radius 2 is 1.79 bits per heavy atom. The first-order chi connectivity index (χ1) is 18.3. The number of nitrogens with zero attached hydrogens (tertiary/aromatic N) is 2. The van der Waals surface area contributed by atoms with Gasteiger partial charge in [0.1, 0.15) is 28.6 Å². The number of hydrogen-bond acceptors (Lipinski definition) is 10. The number of ketones is 2. The summed E-state index contributed by atoms with van der Waals surface area (Å²) in [5, 5.41) is 44.9. The topological polar surface area (TPSA) is 178 Å². The number of nitrogens with two attached hydrogens (primary N) is 1. The maximum atomic E-state index is 13.9. The van der Waals surface area contributed by atoms with Crippen molar-refractivity contribution < 1.29 is 39.2 Å². The molecule has 206 valence electrons. The minimum absolute atomic E-state index is 0.0246. The average molecular weight is 538 g/mol. The van der Waals surface area contributed by atoms with E-state index in [0.29, 0.717) is 23.4 Å². The number of aromatic hydroxyl groups is 1. The van der Waals surface area contributed by atoms with Crippen LogP contribution in [-0.2, 0) is 27.3 Å². The van der Waals surface area contributed by atoms with E-state index in [4.69, 9.17) is 10.2 Å². The van der Waals surface area contributed by atoms with Crippen LogP contribution in [0, 0.1) is 11.8 Å². The molecule has 39 heavy (non-hydrogen) atoms. The van der Waals surface area contributed by atoms with Gasteiger partial charge in [-0.1, -0.05) is 6.07 Å². The third-order valence-electron chi connectivity index (χ3n) is 8.10. The Hall–Kier alpha value is -3.93. The molecule has 4 atom stereocenters. The number of likely N-dealkylation sites (N-methyl/N-ethyl adjacent to an activating group) is 1. The van der Waals surface area contributed by atoms with Gasteiger partial charge in [-0.25, -0.2) is 0 Å². The molecule has 1 heterocycles. The quantitative estimate of drug-likeness (QED) is 0.349. The molecule has 2 aromatic rings. The first-order valence-electron chi connectivity index (χ1n) is 12.5. The maximum Gasteiger partial charge on any atom is 0.255 e. The van der Waals surface area contributed by atoms with Gasteiger partial charge in [0, 0.05) is 17.1 Å². The third-order valence-corrected chi connectivity index (χ3v) is 8.10. The number of amides is 1. The maximum absolute atomic E-state index is 13.9. The van der Waals surface area contributed by atoms with Crippen molar-refractivity contribution in [3.05, 3.63) is 58.3 Å². The van der Waals surface area contributed by atoms with Gasteiger partial charge >= 0.3 is 0 Å². The first-order valence-corrected chi connectivity index (χ1v) is 12.5. The van der Waals surface area contributed by atoms with Crippen molar-refractivity contribution in [3.63, 3.8) is 0 Å². The van der Waals surface area contributed by atoms with Gasteiger partial charge in [0.25, 0.3) is 5.91 Å². The van der Waals surface area contributed by atoms with Crippen LogP contribution in [0.1, 0.15) is 23.3 Å². The predicted molar refractivity (Wildman–Crippen MR) is 139 cm³/mol. The van der Waals surface area contributed by atoms with Crippen LogP contribution in [0.5, 0.6) is 5.75 Å². The number of hydrogen-bond donors (Lipinski definition) is 5. The number of carbonyl (C=O) groups excluding carboxylic acids is 3. The van der Waals surface area contributed by atoms with Crippen molar-refractivity contribution in [2.75, 3.05) is 28.2 Å². The summed E-state index contributed by atoms with van der Waals surface area (Å²) in [6.45, 7) is 0.502. The summed E-state index contributed by atoms with van der Waals surface area (Å²) in [5.41, 5.74) is 3.77. The molecule has 0 aliphatic heterocycles. The Morgan fingerprint density at radius 3 is 2.41 bits per heavy atom. The number of primary amides is 1. The Bertz CT molecular complexity index is 1480. The molecule has 5 rings (SSSR count). The number of phenolic OH excluding ortho intramolecular Hbond substituents is 1. The molecular formula is C28H31N3O8. The largest absolute Gasteiger partial charge is 0.508 e. The highest BCUT2D eigenvalue weighted by Crippen LogP contribution is 2.53. The highest BCUT2D eigenvalue weighted by molar-refractivity contribution is 6.24. The molecule has 1 fully saturated rings. The lowest BCUT2D eigenvalue weighted by Crippen LogP contribution is -2.65. The van der Waals surface area contributed by atoms with E-state index >= 15 is 0 Å². The Labute approximate surface area is 224 Å². The van der Waals surface area contributed by atoms with Crippen LogP contribution >= 0.6 is 0 Å². The molecule has 3 aliphatic carbocycles. The van der Waals surface area contributed by atoms with Crippen LogP contribution in [0.15, 0.2) is 45.8 Å². The van der Waals surface area contributed by atoms with Crippen molar-refractivity contribution in [1.29, 1.82) is 0 Å². The van der Waals surface area contributed by atoms with Gasteiger partial charge in [0.15, 0.2) is 11.4 Å². The van der Waals surface area contributed by atoms with Crippen LogP contribution in [0.3, 0.4) is 0 Å². The van der Waals surface area contributed by atoms with Crippen LogP contribution < -0.4 is 5.73 Å². The zero-order chi connectivity index (χ0) is 28.5. The monoisotopic (exact) mass is 537 g/mol. The van der Waals surface area contributed by atoms with E-state index in [1.807, 2.05) is 19.0 Å². The number of fused-ring (bicyclic) bond motifs is 3. The Morgan fingerprint density at radius 1 is 1.10 bits per heavy atom. The molecule has 0 radical (unpaired) electrons. The number of rotatable bonds is 5. The number of carbonyl (C=O) groups is 3. The minimum atomic E-state index is -2.67. The number of aliphatic hydroxyl groups is 3. The molecule has 0 bridgehead atoms. The summed E-state index contributed by atoms with van der Waals surface area (Å²) >= 11 is 0. The van der Waals surface area contributed by atoms with Crippen molar-refractivity contribution >= 4 is 23.2 Å². The second-order valence-electron chi connectivity index (χ2n) is 10.9. The van der Waals surface area contributed by atoms with E-state index < -0.39 is 58.0 Å². The lowest BCUT2D eigenvalue weighted by molar-refractivity contribution is -0.153. The third kappa shape index (κ3) is 3.72. The Balaban J connectivity index is 1.72. The number of furan rings is 1. The molecule has 1 aromatic heterocycles. The van der Waals surface area contributed by atoms with Crippen molar-refractivity contribution in [1.82, 2.24) is 9.80 Å². The van der Waals surface area contributed by atoms with Gasteiger partial charge in [-0.2, -0.15) is 0 Å². The second-order valence-corrected chi connectivity index (χ2v) is 10.9. The first kappa shape index (κ1) is 26.7. The Kier molecular flexibility index (Phi) is 6.21. The molecular weight excluding hydrogens is 506 g/mol. The molecule has 0 spiro atoms. The van der Waals surface area contributed by atoms with Gasteiger partial charge in [0.2, 0.25) is 5.78 Å². The van der Waals surface area contributed by atoms with E-state index in [0.717, 1.165) is 5.56 Å². The molecule has 1 aromatic carbocycles. The van der Waals surface area contributed by atoms with Gasteiger partial charge in [-0.3, -0.25) is 19.3 Å². The van der Waals surface area contributed by atoms with Crippen LogP contribution in [0.4, 0.5) is 0 Å². The SMILES string of the molecule is CN(C)Cc1occc1-c1ccc(O)c2c1C[C@H]1C[C@H]3[C@H](N(C)C)C(=O)C(C(N)=O)=C(O)[C@@]3(O)C(=O)C1=C2O. The van der Waals surface area contributed by atoms with Gasteiger partial charge in [-0.15, -0.1) is 0 Å². The van der Waals surface area contributed by atoms with Crippen LogP contribution in [-0.4, -0.2) is 87.5 Å². The van der Waals surface area contributed by atoms with Crippen molar-refractivity contribution in [3.8, 4) is 16.9 Å². The number of benzene rings is 1. The summed E-state index contributed by atoms with van der Waals surface area (Å²) in [4.78, 5) is 42.7. The number of aliphatic hydroxyl groups excluding tert-OH is 2. The lowest BCUT2D eigenvalue weighted by Gasteiger charge is -2.50. The molecule has 0 unspecified atom stereocenters. The highest BCUT2D eigenvalue weighted by Gasteiger charge is 2.64. The molecule has 0 saturated heterocycles. The van der Waals surface area contributed by atoms with E-state index in [2.05, 4.69) is 0 Å². The summed E-state index contributed by atoms with van der Waals surface area (Å²) in [7, 11) is 6.92. The summed E-state index contributed by atoms with van der Waals surface area (Å²) in [6, 6.07) is 3.79. The number of Topliss-reactive ketones (excluding diaryl/α,β-unsaturated/α-hetero) is 2. The van der Waals surface area contributed by atoms with Crippen molar-refractivity contribution in [2.24, 2.45) is 17.6 Å². The fraction of sp³-hybridized carbons (Fsp3) is 0.393. The van der Waals surface area contributed by atoms with E-state index in [9.17, 15) is 34.8 Å². The van der Waals surface area contributed by atoms with Gasteiger partial charge in [-0.05, 0) is 70.2 Å². The smallest absolute Gasteiger partial charge is 0.255 e. The highest BCUT2D eigenvalue weighted by atomic mass is 16.3. The zero-order valence-corrected chi connectivity index (χ0v) is 22.1. The van der Waals surface area contributed by atoms with E-state index in [-0.39, 0.29) is 29.7 Å². The fourth-order valence-electron chi connectivity index (χ4n) is 6.49. The molecule has 1 amide bonds. The molecule has 6 N–H and O–H groups in total. The summed E-state index contributed by atoms with van der Waals surface area (Å²) in [5.74, 6) is -6.10. The fourth-order valence-corrected chi connectivity index (χ4v) is 6.49. The standard InChI is InChI=1S/C28H31N3O8/c1-30(2)11-18-14(7-8-39-18)13-5-6-17(32)20-15(13)9-12-10-16-22(31(3)4)24(34)21(27(29)37)26(36)28(16,38)25(35)19(12)23(20)33/h5-8,12,16,22,32-33,36,38H,9-11H2,1-4H3,(H2,29,37)/t12-,16-,22-,28-/m0/s1. The average Bonchev–Trinajstić information content (AvgIpc) is 3.28. The normalized spacial score (nSPS) is 26.7. The van der Waals surface area contributed by atoms with Crippen LogP contribution in [0.25, 0.3) is 16.9 Å². The van der Waals surface area contributed by atoms with Crippen LogP contribution in [0.2, 0.25) is 0 Å². The summed E-state index contributed by atoms with van der Waals surface area (Å²) in [6.07, 6.45) is 1.78. The van der Waals surface area contributed by atoms with E-state index in [1.54, 1.807) is 32.5 Å². The number of phenols is 1. The summed E-state index contributed by atoms with van der Waals surface area (Å²) < 4.78 is 5.70. The van der Waals surface area contributed by atoms with Crippen molar-refractivity contribution in [2.45, 2.75) is 31.0 Å². The molecule has 11 heteroatoms. The predicted octanol–water partition coefficient (Wildman–Crippen LogP) is 1.29. The van der Waals surface area contributed by atoms with Gasteiger partial charge < -0.3 is 35.5 Å². The zero-order valence-electron chi connectivity index (χ0n) is 22.1. The molecule has 1 saturated carbocycles.